The SMILES string of the molecule is CCn1cc(C(=O)c2sccc2OC)cn1. The first-order valence-electron chi connectivity index (χ1n) is 4.95. The van der Waals surface area contributed by atoms with Gasteiger partial charge in [-0.25, -0.2) is 0 Å². The monoisotopic (exact) mass is 236 g/mol. The number of aryl methyl sites for hydroxylation is 1. The zero-order valence-electron chi connectivity index (χ0n) is 9.14. The van der Waals surface area contributed by atoms with Gasteiger partial charge in [0.1, 0.15) is 10.6 Å². The molecule has 0 N–H and O–H groups in total. The number of aromatic nitrogens is 2. The topological polar surface area (TPSA) is 44.1 Å². The lowest BCUT2D eigenvalue weighted by atomic mass is 10.2. The number of hydrogen-bond donors (Lipinski definition) is 0. The van der Waals surface area contributed by atoms with Crippen molar-refractivity contribution in [3.63, 3.8) is 0 Å². The number of rotatable bonds is 4. The minimum Gasteiger partial charge on any atom is -0.495 e. The number of hydrogen-bond acceptors (Lipinski definition) is 4. The van der Waals surface area contributed by atoms with E-state index in [1.54, 1.807) is 30.3 Å². The van der Waals surface area contributed by atoms with E-state index in [-0.39, 0.29) is 5.78 Å². The van der Waals surface area contributed by atoms with Gasteiger partial charge >= 0.3 is 0 Å². The van der Waals surface area contributed by atoms with Gasteiger partial charge < -0.3 is 4.74 Å². The Morgan fingerprint density at radius 3 is 3.06 bits per heavy atom. The fraction of sp³-hybridized carbons (Fsp3) is 0.273. The predicted molar refractivity (Wildman–Crippen MR) is 62.2 cm³/mol. The van der Waals surface area contributed by atoms with Gasteiger partial charge in [0.2, 0.25) is 5.78 Å². The minimum absolute atomic E-state index is 0.0356. The first-order valence-corrected chi connectivity index (χ1v) is 5.83. The summed E-state index contributed by atoms with van der Waals surface area (Å²) in [7, 11) is 1.56. The first kappa shape index (κ1) is 10.9. The molecule has 0 spiro atoms. The third kappa shape index (κ3) is 1.86. The Labute approximate surface area is 97.5 Å². The zero-order chi connectivity index (χ0) is 11.5. The van der Waals surface area contributed by atoms with E-state index >= 15 is 0 Å². The molecule has 0 fully saturated rings. The summed E-state index contributed by atoms with van der Waals surface area (Å²) in [6.07, 6.45) is 3.34. The summed E-state index contributed by atoms with van der Waals surface area (Å²) >= 11 is 1.38. The summed E-state index contributed by atoms with van der Waals surface area (Å²) in [5.41, 5.74) is 0.600. The standard InChI is InChI=1S/C11H12N2O2S/c1-3-13-7-8(6-12-13)10(14)11-9(15-2)4-5-16-11/h4-7H,3H2,1-2H3. The van der Waals surface area contributed by atoms with E-state index in [1.807, 2.05) is 12.3 Å². The highest BCUT2D eigenvalue weighted by Gasteiger charge is 2.17. The normalized spacial score (nSPS) is 10.4. The maximum atomic E-state index is 12.1. The van der Waals surface area contributed by atoms with E-state index < -0.39 is 0 Å². The molecule has 2 aromatic heterocycles. The van der Waals surface area contributed by atoms with Gasteiger partial charge in [0.05, 0.1) is 18.9 Å². The highest BCUT2D eigenvalue weighted by molar-refractivity contribution is 7.12. The van der Waals surface area contributed by atoms with Gasteiger partial charge in [-0.05, 0) is 18.4 Å². The van der Waals surface area contributed by atoms with Gasteiger partial charge in [0.25, 0.3) is 0 Å². The molecule has 16 heavy (non-hydrogen) atoms. The van der Waals surface area contributed by atoms with Crippen LogP contribution in [0.1, 0.15) is 22.2 Å². The van der Waals surface area contributed by atoms with Crippen LogP contribution < -0.4 is 4.74 Å². The van der Waals surface area contributed by atoms with Crippen molar-refractivity contribution in [1.29, 1.82) is 0 Å². The largest absolute Gasteiger partial charge is 0.495 e. The quantitative estimate of drug-likeness (QED) is 0.764. The third-order valence-electron chi connectivity index (χ3n) is 2.27. The second-order valence-corrected chi connectivity index (χ2v) is 4.15. The molecular formula is C11H12N2O2S. The molecule has 2 rings (SSSR count). The van der Waals surface area contributed by atoms with E-state index in [1.165, 1.54) is 11.3 Å². The lowest BCUT2D eigenvalue weighted by Crippen LogP contribution is -1.99. The van der Waals surface area contributed by atoms with Crippen LogP contribution in [0.15, 0.2) is 23.8 Å². The second-order valence-electron chi connectivity index (χ2n) is 3.23. The van der Waals surface area contributed by atoms with Gasteiger partial charge in [-0.2, -0.15) is 5.10 Å². The van der Waals surface area contributed by atoms with Gasteiger partial charge in [0.15, 0.2) is 0 Å². The summed E-state index contributed by atoms with van der Waals surface area (Å²) < 4.78 is 6.85. The molecule has 0 radical (unpaired) electrons. The molecule has 0 amide bonds. The van der Waals surface area contributed by atoms with Crippen LogP contribution in [0.25, 0.3) is 0 Å². The number of thiophene rings is 1. The summed E-state index contributed by atoms with van der Waals surface area (Å²) in [5.74, 6) is 0.589. The highest BCUT2D eigenvalue weighted by atomic mass is 32.1. The van der Waals surface area contributed by atoms with Gasteiger partial charge in [-0.3, -0.25) is 9.48 Å². The van der Waals surface area contributed by atoms with Crippen molar-refractivity contribution < 1.29 is 9.53 Å². The van der Waals surface area contributed by atoms with Crippen LogP contribution in [-0.2, 0) is 6.54 Å². The van der Waals surface area contributed by atoms with E-state index in [4.69, 9.17) is 4.74 Å². The fourth-order valence-corrected chi connectivity index (χ4v) is 2.23. The Bertz CT molecular complexity index is 502. The number of methoxy groups -OCH3 is 1. The van der Waals surface area contributed by atoms with Crippen molar-refractivity contribution in [3.05, 3.63) is 34.3 Å². The predicted octanol–water partition coefficient (Wildman–Crippen LogP) is 2.20. The number of carbonyl (C=O) groups is 1. The first-order chi connectivity index (χ1) is 7.76. The number of ketones is 1. The van der Waals surface area contributed by atoms with E-state index in [0.29, 0.717) is 16.2 Å². The van der Waals surface area contributed by atoms with Crippen LogP contribution in [-0.4, -0.2) is 22.7 Å². The van der Waals surface area contributed by atoms with Gasteiger partial charge in [-0.15, -0.1) is 11.3 Å². The van der Waals surface area contributed by atoms with Crippen molar-refractivity contribution in [2.75, 3.05) is 7.11 Å². The van der Waals surface area contributed by atoms with Gasteiger partial charge in [-0.1, -0.05) is 0 Å². The van der Waals surface area contributed by atoms with Crippen LogP contribution in [0, 0.1) is 0 Å². The molecule has 5 heteroatoms. The number of carbonyl (C=O) groups excluding carboxylic acids is 1. The molecule has 0 aromatic carbocycles. The molecule has 84 valence electrons. The van der Waals surface area contributed by atoms with Crippen molar-refractivity contribution in [2.45, 2.75) is 13.5 Å². The summed E-state index contributed by atoms with van der Waals surface area (Å²) in [6, 6.07) is 1.79. The Kier molecular flexibility index (Phi) is 3.05. The van der Waals surface area contributed by atoms with Crippen molar-refractivity contribution in [2.24, 2.45) is 0 Å². The molecule has 2 aromatic rings. The Hall–Kier alpha value is -1.62. The van der Waals surface area contributed by atoms with E-state index in [9.17, 15) is 4.79 Å². The van der Waals surface area contributed by atoms with E-state index in [0.717, 1.165) is 6.54 Å². The average molecular weight is 236 g/mol. The molecule has 0 bridgehead atoms. The minimum atomic E-state index is -0.0356. The van der Waals surface area contributed by atoms with Crippen LogP contribution in [0.3, 0.4) is 0 Å². The summed E-state index contributed by atoms with van der Waals surface area (Å²) in [5, 5.41) is 5.92. The Morgan fingerprint density at radius 2 is 2.44 bits per heavy atom. The molecule has 0 aliphatic carbocycles. The van der Waals surface area contributed by atoms with Crippen molar-refractivity contribution in [3.8, 4) is 5.75 Å². The van der Waals surface area contributed by atoms with Crippen LogP contribution >= 0.6 is 11.3 Å². The highest BCUT2D eigenvalue weighted by Crippen LogP contribution is 2.26. The number of nitrogens with zero attached hydrogens (tertiary/aromatic N) is 2. The summed E-state index contributed by atoms with van der Waals surface area (Å²) in [6.45, 7) is 2.74. The van der Waals surface area contributed by atoms with Gasteiger partial charge in [0, 0.05) is 12.7 Å². The molecule has 0 saturated heterocycles. The third-order valence-corrected chi connectivity index (χ3v) is 3.17. The maximum Gasteiger partial charge on any atom is 0.209 e. The van der Waals surface area contributed by atoms with Crippen LogP contribution in [0.4, 0.5) is 0 Å². The molecule has 0 saturated carbocycles. The van der Waals surface area contributed by atoms with Crippen LogP contribution in [0.5, 0.6) is 5.75 Å². The summed E-state index contributed by atoms with van der Waals surface area (Å²) in [4.78, 5) is 12.7. The second kappa shape index (κ2) is 4.49. The van der Waals surface area contributed by atoms with Crippen molar-refractivity contribution >= 4 is 17.1 Å². The Morgan fingerprint density at radius 1 is 1.62 bits per heavy atom. The molecular weight excluding hydrogens is 224 g/mol. The number of ether oxygens (including phenoxy) is 1. The van der Waals surface area contributed by atoms with Crippen molar-refractivity contribution in [1.82, 2.24) is 9.78 Å². The van der Waals surface area contributed by atoms with Crippen LogP contribution in [0.2, 0.25) is 0 Å². The lowest BCUT2D eigenvalue weighted by molar-refractivity contribution is 0.104. The molecule has 4 nitrogen and oxygen atoms in total. The smallest absolute Gasteiger partial charge is 0.209 e. The van der Waals surface area contributed by atoms with E-state index in [2.05, 4.69) is 5.10 Å². The molecule has 0 atom stereocenters. The maximum absolute atomic E-state index is 12.1. The zero-order valence-corrected chi connectivity index (χ0v) is 9.95. The fourth-order valence-electron chi connectivity index (χ4n) is 1.41. The average Bonchev–Trinajstić information content (AvgIpc) is 2.96. The molecule has 2 heterocycles. The molecule has 0 unspecified atom stereocenters. The molecule has 0 aliphatic rings. The molecule has 0 aliphatic heterocycles. The Balaban J connectivity index is 2.31. The lowest BCUT2D eigenvalue weighted by Gasteiger charge is -1.99.